The summed E-state index contributed by atoms with van der Waals surface area (Å²) in [5, 5.41) is 3.95. The van der Waals surface area contributed by atoms with Crippen molar-refractivity contribution in [1.82, 2.24) is 0 Å². The molecular formula is C21H27N3O2. The predicted octanol–water partition coefficient (Wildman–Crippen LogP) is 3.07. The smallest absolute Gasteiger partial charge is 0.176 e. The van der Waals surface area contributed by atoms with Crippen molar-refractivity contribution in [3.05, 3.63) is 34.9 Å². The second-order valence-electron chi connectivity index (χ2n) is 7.03. The second kappa shape index (κ2) is 8.98. The molecule has 0 bridgehead atoms. The van der Waals surface area contributed by atoms with E-state index in [2.05, 4.69) is 41.8 Å². The highest BCUT2D eigenvalue weighted by Crippen LogP contribution is 2.28. The highest BCUT2D eigenvalue weighted by Gasteiger charge is 2.18. The van der Waals surface area contributed by atoms with E-state index in [4.69, 9.17) is 15.3 Å². The van der Waals surface area contributed by atoms with Crippen LogP contribution in [0, 0.1) is 17.8 Å². The molecule has 1 saturated carbocycles. The van der Waals surface area contributed by atoms with Crippen LogP contribution in [0.1, 0.15) is 55.7 Å². The molecule has 2 aliphatic rings. The van der Waals surface area contributed by atoms with Crippen LogP contribution in [0.25, 0.3) is 0 Å². The van der Waals surface area contributed by atoms with Gasteiger partial charge in [-0.2, -0.15) is 5.10 Å². The van der Waals surface area contributed by atoms with E-state index in [1.54, 1.807) is 6.21 Å². The number of ether oxygens (including phenoxy) is 2. The van der Waals surface area contributed by atoms with E-state index < -0.39 is 0 Å². The maximum Gasteiger partial charge on any atom is 0.176 e. The van der Waals surface area contributed by atoms with Gasteiger partial charge in [-0.1, -0.05) is 31.8 Å². The molecule has 0 atom stereocenters. The SMILES string of the molecule is CC(C)c1cc(C#CC2CC2)ccc1/C(C=NCC1OCCCO1)=N/N. The first-order valence-electron chi connectivity index (χ1n) is 9.34. The van der Waals surface area contributed by atoms with Gasteiger partial charge in [-0.15, -0.1) is 0 Å². The molecule has 1 aromatic rings. The fraction of sp³-hybridized carbons (Fsp3) is 0.524. The predicted molar refractivity (Wildman–Crippen MR) is 105 cm³/mol. The van der Waals surface area contributed by atoms with Gasteiger partial charge < -0.3 is 15.3 Å². The Kier molecular flexibility index (Phi) is 6.43. The van der Waals surface area contributed by atoms with Gasteiger partial charge in [-0.05, 0) is 42.9 Å². The maximum absolute atomic E-state index is 5.64. The fourth-order valence-corrected chi connectivity index (χ4v) is 2.80. The number of hydrogen-bond acceptors (Lipinski definition) is 5. The molecule has 3 rings (SSSR count). The second-order valence-corrected chi connectivity index (χ2v) is 7.03. The van der Waals surface area contributed by atoms with Crippen molar-refractivity contribution < 1.29 is 9.47 Å². The van der Waals surface area contributed by atoms with Crippen LogP contribution in [0.2, 0.25) is 0 Å². The van der Waals surface area contributed by atoms with E-state index >= 15 is 0 Å². The molecular weight excluding hydrogens is 326 g/mol. The Morgan fingerprint density at radius 3 is 2.73 bits per heavy atom. The molecule has 2 fully saturated rings. The first-order chi connectivity index (χ1) is 12.7. The zero-order valence-corrected chi connectivity index (χ0v) is 15.6. The number of aliphatic imine (C=N–C) groups is 1. The largest absolute Gasteiger partial charge is 0.351 e. The Morgan fingerprint density at radius 1 is 1.31 bits per heavy atom. The summed E-state index contributed by atoms with van der Waals surface area (Å²) in [7, 11) is 0. The van der Waals surface area contributed by atoms with Crippen molar-refractivity contribution in [2.45, 2.75) is 45.3 Å². The van der Waals surface area contributed by atoms with Crippen LogP contribution in [-0.4, -0.2) is 38.0 Å². The maximum atomic E-state index is 5.64. The normalized spacial score (nSPS) is 19.0. The van der Waals surface area contributed by atoms with Crippen molar-refractivity contribution in [3.8, 4) is 11.8 Å². The highest BCUT2D eigenvalue weighted by molar-refractivity contribution is 6.38. The number of hydrogen-bond donors (Lipinski definition) is 1. The van der Waals surface area contributed by atoms with E-state index in [9.17, 15) is 0 Å². The molecule has 0 spiro atoms. The minimum atomic E-state index is -0.274. The van der Waals surface area contributed by atoms with Crippen molar-refractivity contribution in [2.24, 2.45) is 21.9 Å². The third kappa shape index (κ3) is 5.17. The Hall–Kier alpha value is -2.16. The van der Waals surface area contributed by atoms with Gasteiger partial charge in [-0.3, -0.25) is 4.99 Å². The van der Waals surface area contributed by atoms with Crippen LogP contribution in [-0.2, 0) is 9.47 Å². The lowest BCUT2D eigenvalue weighted by Gasteiger charge is -2.21. The van der Waals surface area contributed by atoms with Gasteiger partial charge in [-0.25, -0.2) is 0 Å². The van der Waals surface area contributed by atoms with E-state index in [1.165, 1.54) is 18.4 Å². The average Bonchev–Trinajstić information content (AvgIpc) is 3.49. The fourth-order valence-electron chi connectivity index (χ4n) is 2.80. The molecule has 26 heavy (non-hydrogen) atoms. The van der Waals surface area contributed by atoms with Crippen LogP contribution in [0.5, 0.6) is 0 Å². The lowest BCUT2D eigenvalue weighted by molar-refractivity contribution is -0.171. The Labute approximate surface area is 155 Å². The standard InChI is InChI=1S/C21H27N3O2/c1-15(2)19-12-17(7-6-16-4-5-16)8-9-18(19)20(24-22)13-23-14-21-25-10-3-11-26-21/h8-9,12-13,15-16,21H,3-5,10-11,14,22H2,1-2H3/b23-13?,24-20+. The molecule has 0 amide bonds. The van der Waals surface area contributed by atoms with Crippen LogP contribution >= 0.6 is 0 Å². The van der Waals surface area contributed by atoms with Crippen molar-refractivity contribution in [2.75, 3.05) is 19.8 Å². The van der Waals surface area contributed by atoms with Crippen molar-refractivity contribution in [1.29, 1.82) is 0 Å². The molecule has 1 aromatic carbocycles. The number of nitrogens with two attached hydrogens (primary N) is 1. The van der Waals surface area contributed by atoms with E-state index in [-0.39, 0.29) is 6.29 Å². The molecule has 5 heteroatoms. The zero-order chi connectivity index (χ0) is 18.4. The summed E-state index contributed by atoms with van der Waals surface area (Å²) in [6.07, 6.45) is 4.83. The summed E-state index contributed by atoms with van der Waals surface area (Å²) in [5.74, 6) is 13.2. The lowest BCUT2D eigenvalue weighted by Crippen LogP contribution is -2.27. The van der Waals surface area contributed by atoms with Crippen molar-refractivity contribution in [3.63, 3.8) is 0 Å². The molecule has 0 unspecified atom stereocenters. The topological polar surface area (TPSA) is 69.2 Å². The van der Waals surface area contributed by atoms with Gasteiger partial charge in [0.1, 0.15) is 5.71 Å². The Bertz CT molecular complexity index is 733. The number of benzene rings is 1. The number of rotatable bonds is 5. The number of nitrogens with zero attached hydrogens (tertiary/aromatic N) is 2. The summed E-state index contributed by atoms with van der Waals surface area (Å²) in [4.78, 5) is 4.42. The molecule has 1 aliphatic carbocycles. The molecule has 1 saturated heterocycles. The summed E-state index contributed by atoms with van der Waals surface area (Å²) >= 11 is 0. The Balaban J connectivity index is 1.75. The lowest BCUT2D eigenvalue weighted by atomic mass is 9.92. The van der Waals surface area contributed by atoms with Crippen LogP contribution in [0.3, 0.4) is 0 Å². The average molecular weight is 353 g/mol. The summed E-state index contributed by atoms with van der Waals surface area (Å²) < 4.78 is 11.0. The zero-order valence-electron chi connectivity index (χ0n) is 15.6. The molecule has 1 aliphatic heterocycles. The van der Waals surface area contributed by atoms with E-state index in [1.807, 2.05) is 12.1 Å². The minimum Gasteiger partial charge on any atom is -0.351 e. The van der Waals surface area contributed by atoms with Gasteiger partial charge in [0.15, 0.2) is 6.29 Å². The van der Waals surface area contributed by atoms with Crippen LogP contribution < -0.4 is 5.84 Å². The van der Waals surface area contributed by atoms with Gasteiger partial charge in [0.2, 0.25) is 0 Å². The summed E-state index contributed by atoms with van der Waals surface area (Å²) in [6.45, 7) is 6.20. The molecule has 138 valence electrons. The number of hydrazone groups is 1. The molecule has 5 nitrogen and oxygen atoms in total. The minimum absolute atomic E-state index is 0.274. The van der Waals surface area contributed by atoms with E-state index in [0.717, 1.165) is 30.8 Å². The summed E-state index contributed by atoms with van der Waals surface area (Å²) in [6, 6.07) is 6.21. The molecule has 1 heterocycles. The molecule has 0 aromatic heterocycles. The van der Waals surface area contributed by atoms with E-state index in [0.29, 0.717) is 24.1 Å². The Morgan fingerprint density at radius 2 is 2.08 bits per heavy atom. The monoisotopic (exact) mass is 353 g/mol. The third-order valence-electron chi connectivity index (χ3n) is 4.45. The third-order valence-corrected chi connectivity index (χ3v) is 4.45. The highest BCUT2D eigenvalue weighted by atomic mass is 16.7. The van der Waals surface area contributed by atoms with Crippen LogP contribution in [0.15, 0.2) is 28.3 Å². The van der Waals surface area contributed by atoms with Gasteiger partial charge in [0.05, 0.1) is 19.8 Å². The van der Waals surface area contributed by atoms with Crippen LogP contribution in [0.4, 0.5) is 0 Å². The van der Waals surface area contributed by atoms with Gasteiger partial charge in [0.25, 0.3) is 0 Å². The molecule has 0 radical (unpaired) electrons. The van der Waals surface area contributed by atoms with Gasteiger partial charge in [0, 0.05) is 23.3 Å². The van der Waals surface area contributed by atoms with Crippen molar-refractivity contribution >= 4 is 11.9 Å². The first kappa shape index (κ1) is 18.6. The first-order valence-corrected chi connectivity index (χ1v) is 9.34. The molecule has 2 N–H and O–H groups in total. The quantitative estimate of drug-likeness (QED) is 0.383. The van der Waals surface area contributed by atoms with Gasteiger partial charge >= 0.3 is 0 Å². The summed E-state index contributed by atoms with van der Waals surface area (Å²) in [5.41, 5.74) is 3.87.